The van der Waals surface area contributed by atoms with E-state index in [4.69, 9.17) is 17.3 Å². The van der Waals surface area contributed by atoms with Crippen molar-refractivity contribution in [1.82, 2.24) is 5.32 Å². The van der Waals surface area contributed by atoms with Crippen molar-refractivity contribution in [2.45, 2.75) is 31.0 Å². The van der Waals surface area contributed by atoms with E-state index in [1.54, 1.807) is 91.9 Å². The molecule has 0 aromatic heterocycles. The average molecular weight is 499 g/mol. The van der Waals surface area contributed by atoms with E-state index in [0.717, 1.165) is 5.56 Å². The van der Waals surface area contributed by atoms with Gasteiger partial charge < -0.3 is 16.2 Å². The van der Waals surface area contributed by atoms with Gasteiger partial charge in [-0.2, -0.15) is 0 Å². The van der Waals surface area contributed by atoms with E-state index in [9.17, 15) is 14.7 Å². The van der Waals surface area contributed by atoms with Crippen LogP contribution >= 0.6 is 24.0 Å². The number of nitrogens with two attached hydrogens (primary N) is 1. The molecule has 3 unspecified atom stereocenters. The van der Waals surface area contributed by atoms with Gasteiger partial charge >= 0.3 is 0 Å². The molecule has 0 radical (unpaired) electrons. The zero-order valence-electron chi connectivity index (χ0n) is 18.7. The fraction of sp³-hybridized carbons (Fsp3) is 0.185. The highest BCUT2D eigenvalue weighted by Crippen LogP contribution is 2.31. The van der Waals surface area contributed by atoms with Crippen LogP contribution in [0.25, 0.3) is 6.08 Å². The van der Waals surface area contributed by atoms with E-state index in [-0.39, 0.29) is 24.6 Å². The molecule has 34 heavy (non-hydrogen) atoms. The van der Waals surface area contributed by atoms with Crippen molar-refractivity contribution >= 4 is 41.8 Å². The summed E-state index contributed by atoms with van der Waals surface area (Å²) < 4.78 is 0. The van der Waals surface area contributed by atoms with Gasteiger partial charge in [0.25, 0.3) is 0 Å². The van der Waals surface area contributed by atoms with E-state index in [2.05, 4.69) is 5.32 Å². The molecule has 0 spiro atoms. The van der Waals surface area contributed by atoms with Crippen molar-refractivity contribution in [2.75, 3.05) is 0 Å². The number of Topliss-reactive ketones (excluding diaryl/α,β-unsaturated/α-hetero) is 1. The quantitative estimate of drug-likeness (QED) is 0.292. The van der Waals surface area contributed by atoms with Gasteiger partial charge in [0.05, 0.1) is 12.1 Å². The topological polar surface area (TPSA) is 92.4 Å². The molecule has 0 saturated heterocycles. The summed E-state index contributed by atoms with van der Waals surface area (Å²) in [5, 5.41) is 15.1. The Hall–Kier alpha value is -2.96. The van der Waals surface area contributed by atoms with Crippen molar-refractivity contribution in [3.63, 3.8) is 0 Å². The molecule has 1 amide bonds. The van der Waals surface area contributed by atoms with Crippen LogP contribution in [0.4, 0.5) is 0 Å². The number of aliphatic hydroxyl groups is 1. The van der Waals surface area contributed by atoms with Crippen LogP contribution in [0.15, 0.2) is 91.0 Å². The molecule has 0 aliphatic carbocycles. The second-order valence-corrected chi connectivity index (χ2v) is 8.21. The summed E-state index contributed by atoms with van der Waals surface area (Å²) in [5.41, 5.74) is 6.60. The summed E-state index contributed by atoms with van der Waals surface area (Å²) >= 11 is 5.91. The molecule has 0 aliphatic heterocycles. The lowest BCUT2D eigenvalue weighted by atomic mass is 9.78. The molecule has 0 heterocycles. The molecule has 178 valence electrons. The summed E-state index contributed by atoms with van der Waals surface area (Å²) in [6, 6.07) is 22.3. The summed E-state index contributed by atoms with van der Waals surface area (Å²) in [6.45, 7) is 1.79. The Morgan fingerprint density at radius 3 is 2.12 bits per heavy atom. The number of carbonyl (C=O) groups excluding carboxylic acids is 2. The van der Waals surface area contributed by atoms with Gasteiger partial charge in [-0.15, -0.1) is 12.4 Å². The Labute approximate surface area is 211 Å². The number of ketones is 1. The van der Waals surface area contributed by atoms with Crippen molar-refractivity contribution in [1.29, 1.82) is 0 Å². The molecule has 0 saturated carbocycles. The normalized spacial score (nSPS) is 14.5. The van der Waals surface area contributed by atoms with Gasteiger partial charge in [-0.3, -0.25) is 9.59 Å². The van der Waals surface area contributed by atoms with Crippen molar-refractivity contribution < 1.29 is 14.7 Å². The second kappa shape index (κ2) is 12.5. The molecular weight excluding hydrogens is 471 g/mol. The highest BCUT2D eigenvalue weighted by atomic mass is 35.5. The highest BCUT2D eigenvalue weighted by Gasteiger charge is 2.43. The maximum atomic E-state index is 13.2. The Bertz CT molecular complexity index is 1110. The third-order valence-corrected chi connectivity index (χ3v) is 5.89. The number of carbonyl (C=O) groups is 2. The molecule has 0 aliphatic rings. The first-order valence-corrected chi connectivity index (χ1v) is 11.1. The minimum atomic E-state index is -1.56. The minimum absolute atomic E-state index is 0. The molecule has 5 nitrogen and oxygen atoms in total. The van der Waals surface area contributed by atoms with Crippen LogP contribution in [0.1, 0.15) is 34.8 Å². The van der Waals surface area contributed by atoms with Crippen LogP contribution in [0.5, 0.6) is 0 Å². The number of amides is 1. The number of hydrogen-bond acceptors (Lipinski definition) is 4. The van der Waals surface area contributed by atoms with Crippen LogP contribution in [0, 0.1) is 0 Å². The number of hydrogen-bond donors (Lipinski definition) is 3. The standard InChI is InChI=1S/C27H27ClN2O3.ClH/c1-2-27(33,21-11-7-4-8-12-21)26(24(29)25(32)20-9-5-3-6-10-20)30-23(31)18-15-19-13-16-22(28)17-14-19;/h3-18,24,26,33H,2,29H2,1H3,(H,30,31);1H. The lowest BCUT2D eigenvalue weighted by Crippen LogP contribution is -2.61. The van der Waals surface area contributed by atoms with E-state index in [1.807, 2.05) is 6.07 Å². The highest BCUT2D eigenvalue weighted by molar-refractivity contribution is 6.30. The molecule has 4 N–H and O–H groups in total. The van der Waals surface area contributed by atoms with Gasteiger partial charge in [0.2, 0.25) is 5.91 Å². The first kappa shape index (κ1) is 27.3. The van der Waals surface area contributed by atoms with Crippen LogP contribution in [0.3, 0.4) is 0 Å². The Kier molecular flexibility index (Phi) is 10.0. The first-order chi connectivity index (χ1) is 15.8. The van der Waals surface area contributed by atoms with Gasteiger partial charge in [0, 0.05) is 16.7 Å². The largest absolute Gasteiger partial charge is 0.383 e. The Balaban J connectivity index is 0.00000408. The first-order valence-electron chi connectivity index (χ1n) is 10.7. The lowest BCUT2D eigenvalue weighted by molar-refractivity contribution is -0.120. The van der Waals surface area contributed by atoms with Crippen molar-refractivity contribution in [3.05, 3.63) is 113 Å². The molecule has 0 fully saturated rings. The SMILES string of the molecule is CCC(O)(c1ccccc1)C(NC(=O)C=Cc1ccc(Cl)cc1)C(N)C(=O)c1ccccc1.Cl. The number of nitrogens with one attached hydrogen (secondary N) is 1. The number of halogens is 2. The zero-order chi connectivity index (χ0) is 23.8. The van der Waals surface area contributed by atoms with Crippen LogP contribution < -0.4 is 11.1 Å². The van der Waals surface area contributed by atoms with E-state index < -0.39 is 23.6 Å². The summed E-state index contributed by atoms with van der Waals surface area (Å²) in [4.78, 5) is 26.0. The van der Waals surface area contributed by atoms with Crippen LogP contribution in [-0.4, -0.2) is 28.9 Å². The number of rotatable bonds is 9. The third-order valence-electron chi connectivity index (χ3n) is 5.64. The van der Waals surface area contributed by atoms with Gasteiger partial charge in [0.1, 0.15) is 5.60 Å². The van der Waals surface area contributed by atoms with Crippen LogP contribution in [0.2, 0.25) is 5.02 Å². The molecule has 3 rings (SSSR count). The maximum absolute atomic E-state index is 13.2. The third kappa shape index (κ3) is 6.55. The van der Waals surface area contributed by atoms with Crippen LogP contribution in [-0.2, 0) is 10.4 Å². The van der Waals surface area contributed by atoms with Gasteiger partial charge in [-0.05, 0) is 35.8 Å². The van der Waals surface area contributed by atoms with Gasteiger partial charge in [-0.1, -0.05) is 91.3 Å². The van der Waals surface area contributed by atoms with E-state index in [0.29, 0.717) is 16.1 Å². The fourth-order valence-corrected chi connectivity index (χ4v) is 3.86. The second-order valence-electron chi connectivity index (χ2n) is 7.77. The predicted octanol–water partition coefficient (Wildman–Crippen LogP) is 4.77. The lowest BCUT2D eigenvalue weighted by Gasteiger charge is -2.39. The Morgan fingerprint density at radius 2 is 1.56 bits per heavy atom. The molecular formula is C27H28Cl2N2O3. The van der Waals surface area contributed by atoms with Gasteiger partial charge in [0.15, 0.2) is 5.78 Å². The minimum Gasteiger partial charge on any atom is -0.383 e. The summed E-state index contributed by atoms with van der Waals surface area (Å²) in [5.74, 6) is -0.848. The van der Waals surface area contributed by atoms with E-state index in [1.165, 1.54) is 6.08 Å². The molecule has 0 bridgehead atoms. The molecule has 3 aromatic carbocycles. The molecule has 3 aromatic rings. The molecule has 3 atom stereocenters. The van der Waals surface area contributed by atoms with Crippen molar-refractivity contribution in [2.24, 2.45) is 5.73 Å². The number of benzene rings is 3. The van der Waals surface area contributed by atoms with E-state index >= 15 is 0 Å². The monoisotopic (exact) mass is 498 g/mol. The zero-order valence-corrected chi connectivity index (χ0v) is 20.3. The van der Waals surface area contributed by atoms with Gasteiger partial charge in [-0.25, -0.2) is 0 Å². The average Bonchev–Trinajstić information content (AvgIpc) is 2.86. The summed E-state index contributed by atoms with van der Waals surface area (Å²) in [6.07, 6.45) is 3.20. The fourth-order valence-electron chi connectivity index (χ4n) is 3.73. The Morgan fingerprint density at radius 1 is 1.00 bits per heavy atom. The summed E-state index contributed by atoms with van der Waals surface area (Å²) in [7, 11) is 0. The molecule has 7 heteroatoms. The predicted molar refractivity (Wildman–Crippen MR) is 139 cm³/mol. The van der Waals surface area contributed by atoms with Crippen molar-refractivity contribution in [3.8, 4) is 0 Å². The smallest absolute Gasteiger partial charge is 0.244 e. The maximum Gasteiger partial charge on any atom is 0.244 e.